The molecule has 5 rings (SSSR count). The van der Waals surface area contributed by atoms with E-state index in [0.29, 0.717) is 49.1 Å². The molecule has 2 aromatic heterocycles. The van der Waals surface area contributed by atoms with E-state index in [-0.39, 0.29) is 18.2 Å². The first-order chi connectivity index (χ1) is 19.5. The molecule has 1 saturated heterocycles. The lowest BCUT2D eigenvalue weighted by molar-refractivity contribution is 0.0518. The van der Waals surface area contributed by atoms with Crippen molar-refractivity contribution in [1.82, 2.24) is 19.7 Å². The topological polar surface area (TPSA) is 99.0 Å². The molecule has 1 fully saturated rings. The highest BCUT2D eigenvalue weighted by Crippen LogP contribution is 2.29. The first kappa shape index (κ1) is 26.7. The SMILES string of the molecule is CCOC(=O)c1cc(-c2ccc(N3CCN(C(=O)c4ccc(OC)c(OC)c4)CC3)cc2)n(-c2ccccn2)n1. The highest BCUT2D eigenvalue weighted by Gasteiger charge is 2.24. The molecule has 2 aromatic carbocycles. The van der Waals surface area contributed by atoms with Crippen LogP contribution in [0.5, 0.6) is 11.5 Å². The van der Waals surface area contributed by atoms with E-state index in [1.807, 2.05) is 47.4 Å². The molecule has 0 radical (unpaired) electrons. The summed E-state index contributed by atoms with van der Waals surface area (Å²) in [5.41, 5.74) is 3.47. The third-order valence-electron chi connectivity index (χ3n) is 6.79. The predicted molar refractivity (Wildman–Crippen MR) is 150 cm³/mol. The van der Waals surface area contributed by atoms with Gasteiger partial charge in [-0.1, -0.05) is 18.2 Å². The number of amides is 1. The Hall–Kier alpha value is -4.86. The minimum Gasteiger partial charge on any atom is -0.493 e. The molecule has 10 heteroatoms. The van der Waals surface area contributed by atoms with E-state index < -0.39 is 5.97 Å². The van der Waals surface area contributed by atoms with E-state index in [4.69, 9.17) is 14.2 Å². The molecular weight excluding hydrogens is 510 g/mol. The standard InChI is InChI=1S/C30H31N5O5/c1-4-40-30(37)24-20-25(35(32-24)28-7-5-6-14-31-28)21-8-11-23(12-9-21)33-15-17-34(18-16-33)29(36)22-10-13-26(38-2)27(19-22)39-3/h5-14,19-20H,4,15-18H2,1-3H3. The monoisotopic (exact) mass is 541 g/mol. The lowest BCUT2D eigenvalue weighted by Gasteiger charge is -2.36. The molecular formula is C30H31N5O5. The van der Waals surface area contributed by atoms with E-state index in [1.165, 1.54) is 0 Å². The van der Waals surface area contributed by atoms with Crippen molar-refractivity contribution in [3.05, 3.63) is 84.2 Å². The molecule has 206 valence electrons. The fraction of sp³-hybridized carbons (Fsp3) is 0.267. The Kier molecular flexibility index (Phi) is 7.95. The number of hydrogen-bond donors (Lipinski definition) is 0. The van der Waals surface area contributed by atoms with Crippen LogP contribution in [0.4, 0.5) is 5.69 Å². The number of benzene rings is 2. The zero-order chi connectivity index (χ0) is 28.1. The summed E-state index contributed by atoms with van der Waals surface area (Å²) in [6.07, 6.45) is 1.68. The van der Waals surface area contributed by atoms with Gasteiger partial charge in [0.1, 0.15) is 0 Å². The second kappa shape index (κ2) is 11.9. The van der Waals surface area contributed by atoms with E-state index in [2.05, 4.69) is 15.0 Å². The van der Waals surface area contributed by atoms with Crippen molar-refractivity contribution in [1.29, 1.82) is 0 Å². The van der Waals surface area contributed by atoms with Crippen LogP contribution in [0.1, 0.15) is 27.8 Å². The highest BCUT2D eigenvalue weighted by atomic mass is 16.5. The maximum absolute atomic E-state index is 13.1. The van der Waals surface area contributed by atoms with Crippen molar-refractivity contribution in [2.24, 2.45) is 0 Å². The largest absolute Gasteiger partial charge is 0.493 e. The van der Waals surface area contributed by atoms with Crippen LogP contribution in [0.3, 0.4) is 0 Å². The van der Waals surface area contributed by atoms with E-state index in [9.17, 15) is 9.59 Å². The smallest absolute Gasteiger partial charge is 0.358 e. The number of ether oxygens (including phenoxy) is 3. The maximum Gasteiger partial charge on any atom is 0.358 e. The summed E-state index contributed by atoms with van der Waals surface area (Å²) >= 11 is 0. The Morgan fingerprint density at radius 1 is 0.875 bits per heavy atom. The van der Waals surface area contributed by atoms with Crippen molar-refractivity contribution in [3.63, 3.8) is 0 Å². The molecule has 0 N–H and O–H groups in total. The molecule has 0 atom stereocenters. The van der Waals surface area contributed by atoms with Gasteiger partial charge in [-0.25, -0.2) is 14.5 Å². The normalized spacial score (nSPS) is 13.2. The van der Waals surface area contributed by atoms with Crippen LogP contribution in [0.2, 0.25) is 0 Å². The van der Waals surface area contributed by atoms with Gasteiger partial charge in [0.25, 0.3) is 5.91 Å². The first-order valence-corrected chi connectivity index (χ1v) is 13.1. The molecule has 0 aliphatic carbocycles. The maximum atomic E-state index is 13.1. The summed E-state index contributed by atoms with van der Waals surface area (Å²) in [6.45, 7) is 4.65. The zero-order valence-corrected chi connectivity index (χ0v) is 22.7. The molecule has 1 aliphatic heterocycles. The Morgan fingerprint density at radius 3 is 2.27 bits per heavy atom. The van der Waals surface area contributed by atoms with Crippen molar-refractivity contribution >= 4 is 17.6 Å². The number of nitrogens with zero attached hydrogens (tertiary/aromatic N) is 5. The molecule has 10 nitrogen and oxygen atoms in total. The molecule has 0 saturated carbocycles. The minimum atomic E-state index is -0.476. The quantitative estimate of drug-likeness (QED) is 0.308. The molecule has 40 heavy (non-hydrogen) atoms. The molecule has 0 bridgehead atoms. The summed E-state index contributed by atoms with van der Waals surface area (Å²) in [5, 5.41) is 4.47. The molecule has 0 unspecified atom stereocenters. The van der Waals surface area contributed by atoms with E-state index in [0.717, 1.165) is 16.9 Å². The van der Waals surface area contributed by atoms with Crippen molar-refractivity contribution in [2.45, 2.75) is 6.92 Å². The number of pyridine rings is 1. The van der Waals surface area contributed by atoms with E-state index in [1.54, 1.807) is 56.3 Å². The number of rotatable bonds is 8. The summed E-state index contributed by atoms with van der Waals surface area (Å²) in [5.74, 6) is 1.22. The summed E-state index contributed by atoms with van der Waals surface area (Å²) in [6, 6.07) is 20.6. The van der Waals surface area contributed by atoms with Crippen molar-refractivity contribution in [3.8, 4) is 28.6 Å². The van der Waals surface area contributed by atoms with Crippen LogP contribution >= 0.6 is 0 Å². The van der Waals surface area contributed by atoms with Gasteiger partial charge in [0.2, 0.25) is 0 Å². The van der Waals surface area contributed by atoms with E-state index >= 15 is 0 Å². The van der Waals surface area contributed by atoms with Crippen LogP contribution in [0, 0.1) is 0 Å². The number of esters is 1. The third kappa shape index (κ3) is 5.47. The van der Waals surface area contributed by atoms with Gasteiger partial charge in [-0.3, -0.25) is 4.79 Å². The number of anilines is 1. The minimum absolute atomic E-state index is 0.0314. The van der Waals surface area contributed by atoms with Crippen LogP contribution in [0.15, 0.2) is 72.9 Å². The van der Waals surface area contributed by atoms with Crippen LogP contribution in [-0.4, -0.2) is 78.5 Å². The number of carbonyl (C=O) groups is 2. The summed E-state index contributed by atoms with van der Waals surface area (Å²) in [7, 11) is 3.13. The van der Waals surface area contributed by atoms with Crippen molar-refractivity contribution < 1.29 is 23.8 Å². The van der Waals surface area contributed by atoms with Gasteiger partial charge in [-0.05, 0) is 55.5 Å². The second-order valence-electron chi connectivity index (χ2n) is 9.13. The van der Waals surface area contributed by atoms with Crippen LogP contribution in [0.25, 0.3) is 17.1 Å². The number of hydrogen-bond acceptors (Lipinski definition) is 8. The average molecular weight is 542 g/mol. The zero-order valence-electron chi connectivity index (χ0n) is 22.7. The first-order valence-electron chi connectivity index (χ1n) is 13.1. The molecule has 3 heterocycles. The third-order valence-corrected chi connectivity index (χ3v) is 6.79. The van der Waals surface area contributed by atoms with Crippen LogP contribution < -0.4 is 14.4 Å². The summed E-state index contributed by atoms with van der Waals surface area (Å²) in [4.78, 5) is 34.0. The summed E-state index contributed by atoms with van der Waals surface area (Å²) < 4.78 is 17.4. The van der Waals surface area contributed by atoms with Gasteiger partial charge >= 0.3 is 5.97 Å². The lowest BCUT2D eigenvalue weighted by Crippen LogP contribution is -2.48. The fourth-order valence-electron chi connectivity index (χ4n) is 4.71. The Labute approximate surface area is 232 Å². The molecule has 4 aromatic rings. The number of piperazine rings is 1. The number of methoxy groups -OCH3 is 2. The molecule has 1 amide bonds. The predicted octanol–water partition coefficient (Wildman–Crippen LogP) is 4.09. The Balaban J connectivity index is 1.30. The highest BCUT2D eigenvalue weighted by molar-refractivity contribution is 5.95. The van der Waals surface area contributed by atoms with Crippen molar-refractivity contribution in [2.75, 3.05) is 51.9 Å². The molecule has 0 spiro atoms. The van der Waals surface area contributed by atoms with Gasteiger partial charge in [-0.2, -0.15) is 5.10 Å². The lowest BCUT2D eigenvalue weighted by atomic mass is 10.1. The average Bonchev–Trinajstić information content (AvgIpc) is 3.47. The van der Waals surface area contributed by atoms with Gasteiger partial charge in [0.15, 0.2) is 23.0 Å². The van der Waals surface area contributed by atoms with Gasteiger partial charge in [0.05, 0.1) is 26.5 Å². The number of carbonyl (C=O) groups excluding carboxylic acids is 2. The van der Waals surface area contributed by atoms with Gasteiger partial charge < -0.3 is 24.0 Å². The molecule has 1 aliphatic rings. The van der Waals surface area contributed by atoms with Gasteiger partial charge in [-0.15, -0.1) is 0 Å². The number of aromatic nitrogens is 3. The fourth-order valence-corrected chi connectivity index (χ4v) is 4.71. The Bertz CT molecular complexity index is 1480. The second-order valence-corrected chi connectivity index (χ2v) is 9.13. The Morgan fingerprint density at radius 2 is 1.62 bits per heavy atom. The van der Waals surface area contributed by atoms with Gasteiger partial charge in [0, 0.05) is 49.2 Å². The van der Waals surface area contributed by atoms with Crippen LogP contribution in [-0.2, 0) is 4.74 Å².